The van der Waals surface area contributed by atoms with E-state index in [9.17, 15) is 4.79 Å². The molecule has 0 atom stereocenters. The predicted molar refractivity (Wildman–Crippen MR) is 50.3 cm³/mol. The van der Waals surface area contributed by atoms with Crippen LogP contribution >= 0.6 is 0 Å². The molecule has 0 spiro atoms. The van der Waals surface area contributed by atoms with Crippen molar-refractivity contribution in [1.29, 1.82) is 0 Å². The molecule has 0 bridgehead atoms. The summed E-state index contributed by atoms with van der Waals surface area (Å²) in [5.74, 6) is 0. The zero-order valence-electron chi connectivity index (χ0n) is 7.87. The minimum Gasteiger partial charge on any atom is -0.310 e. The Morgan fingerprint density at radius 3 is 2.58 bits per heavy atom. The Morgan fingerprint density at radius 1 is 1.42 bits per heavy atom. The fourth-order valence-corrected chi connectivity index (χ4v) is 1.10. The summed E-state index contributed by atoms with van der Waals surface area (Å²) in [5.41, 5.74) is 0.00238. The van der Waals surface area contributed by atoms with E-state index in [1.54, 1.807) is 16.7 Å². The molecule has 2 nitrogen and oxygen atoms in total. The Bertz CT molecular complexity index is 312. The van der Waals surface area contributed by atoms with E-state index in [2.05, 4.69) is 20.8 Å². The molecule has 1 aromatic heterocycles. The minimum atomic E-state index is -0.0711. The predicted octanol–water partition coefficient (Wildman–Crippen LogP) is 1.99. The van der Waals surface area contributed by atoms with Crippen molar-refractivity contribution in [2.45, 2.75) is 32.7 Å². The van der Waals surface area contributed by atoms with Crippen LogP contribution in [0.4, 0.5) is 0 Å². The van der Waals surface area contributed by atoms with E-state index in [4.69, 9.17) is 0 Å². The standard InChI is InChI=1S/C10H15NO/c1-4-10(2,3)11-8-6-5-7-9(11)12/h5-8H,4H2,1-3H3. The summed E-state index contributed by atoms with van der Waals surface area (Å²) in [5, 5.41) is 0. The molecule has 1 aromatic rings. The minimum absolute atomic E-state index is 0.0711. The van der Waals surface area contributed by atoms with Gasteiger partial charge in [-0.1, -0.05) is 13.0 Å². The van der Waals surface area contributed by atoms with E-state index in [-0.39, 0.29) is 11.1 Å². The van der Waals surface area contributed by atoms with E-state index in [0.717, 1.165) is 6.42 Å². The van der Waals surface area contributed by atoms with Gasteiger partial charge in [-0.3, -0.25) is 4.79 Å². The van der Waals surface area contributed by atoms with Crippen LogP contribution in [0.2, 0.25) is 0 Å². The quantitative estimate of drug-likeness (QED) is 0.657. The van der Waals surface area contributed by atoms with Gasteiger partial charge in [0.25, 0.3) is 5.56 Å². The smallest absolute Gasteiger partial charge is 0.250 e. The molecule has 0 aromatic carbocycles. The first kappa shape index (κ1) is 9.04. The zero-order valence-corrected chi connectivity index (χ0v) is 7.87. The van der Waals surface area contributed by atoms with Crippen LogP contribution in [0, 0.1) is 0 Å². The van der Waals surface area contributed by atoms with Crippen molar-refractivity contribution in [3.63, 3.8) is 0 Å². The Balaban J connectivity index is 3.20. The van der Waals surface area contributed by atoms with Crippen molar-refractivity contribution in [2.24, 2.45) is 0 Å². The van der Waals surface area contributed by atoms with Crippen LogP contribution in [-0.2, 0) is 5.54 Å². The van der Waals surface area contributed by atoms with Gasteiger partial charge in [0.2, 0.25) is 0 Å². The average molecular weight is 165 g/mol. The van der Waals surface area contributed by atoms with Gasteiger partial charge in [-0.2, -0.15) is 0 Å². The third-order valence-electron chi connectivity index (χ3n) is 2.34. The highest BCUT2D eigenvalue weighted by Crippen LogP contribution is 2.15. The summed E-state index contributed by atoms with van der Waals surface area (Å²) < 4.78 is 1.77. The molecule has 0 amide bonds. The SMILES string of the molecule is CCC(C)(C)n1ccccc1=O. The first-order chi connectivity index (χ1) is 5.58. The molecule has 2 heteroatoms. The number of nitrogens with zero attached hydrogens (tertiary/aromatic N) is 1. The van der Waals surface area contributed by atoms with Crippen LogP contribution in [0.25, 0.3) is 0 Å². The monoisotopic (exact) mass is 165 g/mol. The highest BCUT2D eigenvalue weighted by molar-refractivity contribution is 4.97. The maximum absolute atomic E-state index is 11.4. The van der Waals surface area contributed by atoms with Crippen molar-refractivity contribution in [3.05, 3.63) is 34.7 Å². The van der Waals surface area contributed by atoms with E-state index in [0.29, 0.717) is 0 Å². The normalized spacial score (nSPS) is 11.6. The van der Waals surface area contributed by atoms with Crippen molar-refractivity contribution in [3.8, 4) is 0 Å². The third-order valence-corrected chi connectivity index (χ3v) is 2.34. The molecule has 0 radical (unpaired) electrons. The van der Waals surface area contributed by atoms with Crippen LogP contribution in [0.1, 0.15) is 27.2 Å². The van der Waals surface area contributed by atoms with Gasteiger partial charge in [0.15, 0.2) is 0 Å². The molecule has 0 aliphatic rings. The van der Waals surface area contributed by atoms with Gasteiger partial charge in [0.05, 0.1) is 0 Å². The first-order valence-corrected chi connectivity index (χ1v) is 4.26. The number of rotatable bonds is 2. The highest BCUT2D eigenvalue weighted by Gasteiger charge is 2.17. The van der Waals surface area contributed by atoms with E-state index >= 15 is 0 Å². The Labute approximate surface area is 72.8 Å². The Morgan fingerprint density at radius 2 is 2.08 bits per heavy atom. The fraction of sp³-hybridized carbons (Fsp3) is 0.500. The van der Waals surface area contributed by atoms with Crippen LogP contribution in [-0.4, -0.2) is 4.57 Å². The second-order valence-electron chi connectivity index (χ2n) is 3.57. The number of aromatic nitrogens is 1. The molecule has 0 N–H and O–H groups in total. The summed E-state index contributed by atoms with van der Waals surface area (Å²) in [6, 6.07) is 5.25. The fourth-order valence-electron chi connectivity index (χ4n) is 1.10. The number of hydrogen-bond donors (Lipinski definition) is 0. The van der Waals surface area contributed by atoms with Gasteiger partial charge < -0.3 is 4.57 Å². The number of pyridine rings is 1. The van der Waals surface area contributed by atoms with Crippen molar-refractivity contribution >= 4 is 0 Å². The van der Waals surface area contributed by atoms with Crippen LogP contribution < -0.4 is 5.56 Å². The second-order valence-corrected chi connectivity index (χ2v) is 3.57. The maximum Gasteiger partial charge on any atom is 0.250 e. The van der Waals surface area contributed by atoms with E-state index in [1.807, 2.05) is 12.3 Å². The molecule has 1 heterocycles. The van der Waals surface area contributed by atoms with Gasteiger partial charge in [-0.25, -0.2) is 0 Å². The molecular weight excluding hydrogens is 150 g/mol. The summed E-state index contributed by atoms with van der Waals surface area (Å²) in [6.45, 7) is 6.21. The van der Waals surface area contributed by atoms with Gasteiger partial charge in [-0.15, -0.1) is 0 Å². The summed E-state index contributed by atoms with van der Waals surface area (Å²) in [6.07, 6.45) is 2.79. The van der Waals surface area contributed by atoms with Gasteiger partial charge in [0.1, 0.15) is 0 Å². The van der Waals surface area contributed by atoms with Gasteiger partial charge in [0, 0.05) is 17.8 Å². The second kappa shape index (κ2) is 3.13. The lowest BCUT2D eigenvalue weighted by atomic mass is 10.0. The topological polar surface area (TPSA) is 22.0 Å². The summed E-state index contributed by atoms with van der Waals surface area (Å²) in [7, 11) is 0. The van der Waals surface area contributed by atoms with Crippen molar-refractivity contribution in [1.82, 2.24) is 4.57 Å². The lowest BCUT2D eigenvalue weighted by molar-refractivity contribution is 0.332. The molecule has 0 saturated heterocycles. The summed E-state index contributed by atoms with van der Waals surface area (Å²) >= 11 is 0. The van der Waals surface area contributed by atoms with E-state index in [1.165, 1.54) is 0 Å². The third kappa shape index (κ3) is 1.58. The van der Waals surface area contributed by atoms with Gasteiger partial charge in [-0.05, 0) is 26.3 Å². The molecule has 12 heavy (non-hydrogen) atoms. The van der Waals surface area contributed by atoms with Crippen molar-refractivity contribution < 1.29 is 0 Å². The molecule has 0 fully saturated rings. The molecule has 0 saturated carbocycles. The molecule has 0 aliphatic heterocycles. The molecular formula is C10H15NO. The zero-order chi connectivity index (χ0) is 9.19. The van der Waals surface area contributed by atoms with Crippen LogP contribution in [0.5, 0.6) is 0 Å². The highest BCUT2D eigenvalue weighted by atomic mass is 16.1. The van der Waals surface area contributed by atoms with Gasteiger partial charge >= 0.3 is 0 Å². The van der Waals surface area contributed by atoms with Crippen LogP contribution in [0.15, 0.2) is 29.2 Å². The first-order valence-electron chi connectivity index (χ1n) is 4.26. The average Bonchev–Trinajstić information content (AvgIpc) is 2.05. The van der Waals surface area contributed by atoms with Crippen LogP contribution in [0.3, 0.4) is 0 Å². The maximum atomic E-state index is 11.4. The van der Waals surface area contributed by atoms with Crippen molar-refractivity contribution in [2.75, 3.05) is 0 Å². The molecule has 66 valence electrons. The lowest BCUT2D eigenvalue weighted by Gasteiger charge is -2.25. The molecule has 0 aliphatic carbocycles. The molecule has 0 unspecified atom stereocenters. The largest absolute Gasteiger partial charge is 0.310 e. The van der Waals surface area contributed by atoms with E-state index < -0.39 is 0 Å². The summed E-state index contributed by atoms with van der Waals surface area (Å²) in [4.78, 5) is 11.4. The lowest BCUT2D eigenvalue weighted by Crippen LogP contribution is -2.34. The molecule has 1 rings (SSSR count). The number of hydrogen-bond acceptors (Lipinski definition) is 1. The Kier molecular flexibility index (Phi) is 2.36. The Hall–Kier alpha value is -1.05.